The zero-order chi connectivity index (χ0) is 16.6. The maximum atomic E-state index is 12.9. The molecule has 6 heteroatoms. The Bertz CT molecular complexity index is 976. The minimum absolute atomic E-state index is 0.150. The Morgan fingerprint density at radius 1 is 1.04 bits per heavy atom. The number of Topliss-reactive ketones (excluding diaryl/α,β-unsaturated/α-hetero) is 1. The summed E-state index contributed by atoms with van der Waals surface area (Å²) in [5.74, 6) is -0.150. The van der Waals surface area contributed by atoms with E-state index >= 15 is 0 Å². The molecule has 0 spiro atoms. The number of fused-ring (bicyclic) bond motifs is 1. The fourth-order valence-corrected chi connectivity index (χ4v) is 4.10. The number of ketones is 1. The van der Waals surface area contributed by atoms with E-state index in [1.165, 1.54) is 10.2 Å². The highest BCUT2D eigenvalue weighted by Gasteiger charge is 2.24. The van der Waals surface area contributed by atoms with Gasteiger partial charge in [0.1, 0.15) is 0 Å². The Balaban J connectivity index is 2.29. The van der Waals surface area contributed by atoms with E-state index in [9.17, 15) is 13.2 Å². The Morgan fingerprint density at radius 3 is 2.30 bits per heavy atom. The predicted molar refractivity (Wildman–Crippen MR) is 93.7 cm³/mol. The molecule has 118 valence electrons. The van der Waals surface area contributed by atoms with Crippen molar-refractivity contribution in [2.75, 3.05) is 0 Å². The number of aromatic nitrogens is 1. The molecular weight excluding hydrogens is 378 g/mol. The molecule has 0 aliphatic carbocycles. The fraction of sp³-hybridized carbons (Fsp3) is 0.118. The third-order valence-electron chi connectivity index (χ3n) is 3.60. The highest BCUT2D eigenvalue weighted by molar-refractivity contribution is 9.10. The zero-order valence-electron chi connectivity index (χ0n) is 12.3. The molecular formula is C17H14BrNO3S. The van der Waals surface area contributed by atoms with Gasteiger partial charge in [-0.15, -0.1) is 0 Å². The van der Waals surface area contributed by atoms with Crippen LogP contribution in [0.2, 0.25) is 0 Å². The van der Waals surface area contributed by atoms with Crippen molar-refractivity contribution in [1.82, 2.24) is 3.97 Å². The molecule has 0 saturated heterocycles. The lowest BCUT2D eigenvalue weighted by Crippen LogP contribution is -2.13. The van der Waals surface area contributed by atoms with Crippen molar-refractivity contribution in [3.05, 3.63) is 66.4 Å². The second-order valence-electron chi connectivity index (χ2n) is 5.15. The lowest BCUT2D eigenvalue weighted by molar-refractivity contribution is 0.0997. The first-order chi connectivity index (χ1) is 10.9. The van der Waals surface area contributed by atoms with Gasteiger partial charge in [0.15, 0.2) is 5.78 Å². The van der Waals surface area contributed by atoms with Crippen LogP contribution in [0.4, 0.5) is 0 Å². The van der Waals surface area contributed by atoms with Gasteiger partial charge >= 0.3 is 0 Å². The van der Waals surface area contributed by atoms with Crippen LogP contribution in [0, 0.1) is 0 Å². The molecule has 0 amide bonds. The van der Waals surface area contributed by atoms with Crippen LogP contribution in [-0.2, 0) is 10.0 Å². The summed E-state index contributed by atoms with van der Waals surface area (Å²) < 4.78 is 27.0. The first-order valence-electron chi connectivity index (χ1n) is 7.02. The van der Waals surface area contributed by atoms with Crippen molar-refractivity contribution < 1.29 is 13.2 Å². The number of para-hydroxylation sites is 1. The van der Waals surface area contributed by atoms with Crippen molar-refractivity contribution in [3.8, 4) is 0 Å². The number of benzene rings is 2. The lowest BCUT2D eigenvalue weighted by atomic mass is 10.1. The molecule has 3 rings (SSSR count). The molecule has 23 heavy (non-hydrogen) atoms. The molecule has 1 heterocycles. The number of nitrogens with zero attached hydrogens (tertiary/aromatic N) is 1. The number of rotatable bonds is 4. The number of alkyl halides is 1. The number of hydrogen-bond acceptors (Lipinski definition) is 3. The summed E-state index contributed by atoms with van der Waals surface area (Å²) >= 11 is 3.26. The summed E-state index contributed by atoms with van der Waals surface area (Å²) in [4.78, 5) is 12.2. The number of hydrogen-bond donors (Lipinski definition) is 0. The van der Waals surface area contributed by atoms with Crippen LogP contribution in [0.15, 0.2) is 65.7 Å². The van der Waals surface area contributed by atoms with E-state index < -0.39 is 10.0 Å². The van der Waals surface area contributed by atoms with Gasteiger partial charge in [0, 0.05) is 17.1 Å². The molecule has 0 unspecified atom stereocenters. The summed E-state index contributed by atoms with van der Waals surface area (Å²) in [5.41, 5.74) is 0.886. The van der Waals surface area contributed by atoms with Gasteiger partial charge in [0.05, 0.1) is 15.2 Å². The minimum Gasteiger partial charge on any atom is -0.293 e. The van der Waals surface area contributed by atoms with Gasteiger partial charge in [0.2, 0.25) is 0 Å². The lowest BCUT2D eigenvalue weighted by Gasteiger charge is -2.07. The van der Waals surface area contributed by atoms with Crippen molar-refractivity contribution in [1.29, 1.82) is 0 Å². The molecule has 0 radical (unpaired) electrons. The Labute approximate surface area is 142 Å². The first kappa shape index (κ1) is 16.0. The molecule has 0 saturated carbocycles. The van der Waals surface area contributed by atoms with Gasteiger partial charge in [-0.1, -0.05) is 52.3 Å². The van der Waals surface area contributed by atoms with Crippen molar-refractivity contribution in [2.45, 2.75) is 16.6 Å². The van der Waals surface area contributed by atoms with Crippen LogP contribution in [0.1, 0.15) is 17.3 Å². The summed E-state index contributed by atoms with van der Waals surface area (Å²) in [6, 6.07) is 15.2. The van der Waals surface area contributed by atoms with E-state index in [0.717, 1.165) is 0 Å². The van der Waals surface area contributed by atoms with Crippen LogP contribution in [-0.4, -0.2) is 23.0 Å². The zero-order valence-corrected chi connectivity index (χ0v) is 14.7. The topological polar surface area (TPSA) is 56.1 Å². The third kappa shape index (κ3) is 2.72. The van der Waals surface area contributed by atoms with Gasteiger partial charge < -0.3 is 0 Å². The van der Waals surface area contributed by atoms with Crippen LogP contribution < -0.4 is 0 Å². The largest absolute Gasteiger partial charge is 0.293 e. The highest BCUT2D eigenvalue weighted by atomic mass is 79.9. The number of carbonyl (C=O) groups is 1. The predicted octanol–water partition coefficient (Wildman–Crippen LogP) is 3.84. The molecule has 0 fully saturated rings. The molecule has 1 atom stereocenters. The average molecular weight is 392 g/mol. The second kappa shape index (κ2) is 5.94. The Morgan fingerprint density at radius 2 is 1.65 bits per heavy atom. The second-order valence-corrected chi connectivity index (χ2v) is 8.34. The average Bonchev–Trinajstić information content (AvgIpc) is 2.95. The van der Waals surface area contributed by atoms with Crippen molar-refractivity contribution in [2.24, 2.45) is 0 Å². The van der Waals surface area contributed by atoms with Crippen LogP contribution in [0.5, 0.6) is 0 Å². The summed E-state index contributed by atoms with van der Waals surface area (Å²) in [5, 5.41) is 0.628. The van der Waals surface area contributed by atoms with E-state index in [4.69, 9.17) is 0 Å². The maximum Gasteiger partial charge on any atom is 0.268 e. The maximum absolute atomic E-state index is 12.9. The van der Waals surface area contributed by atoms with Gasteiger partial charge in [-0.05, 0) is 25.1 Å². The standard InChI is InChI=1S/C17H14BrNO3S/c1-12(18)17(20)15-11-19(16-10-6-5-9-14(15)16)23(21,22)13-7-3-2-4-8-13/h2-12H,1H3/t12-/m1/s1. The Hall–Kier alpha value is -1.92. The third-order valence-corrected chi connectivity index (χ3v) is 5.71. The molecule has 2 aromatic carbocycles. The van der Waals surface area contributed by atoms with Gasteiger partial charge in [0.25, 0.3) is 10.0 Å². The minimum atomic E-state index is -3.75. The number of halogens is 1. The molecule has 4 nitrogen and oxygen atoms in total. The summed E-state index contributed by atoms with van der Waals surface area (Å²) in [7, 11) is -3.75. The summed E-state index contributed by atoms with van der Waals surface area (Å²) in [6.45, 7) is 1.72. The smallest absolute Gasteiger partial charge is 0.268 e. The molecule has 3 aromatic rings. The van der Waals surface area contributed by atoms with Crippen molar-refractivity contribution in [3.63, 3.8) is 0 Å². The number of carbonyl (C=O) groups excluding carboxylic acids is 1. The van der Waals surface area contributed by atoms with E-state index in [1.54, 1.807) is 61.5 Å². The van der Waals surface area contributed by atoms with Gasteiger partial charge in [-0.25, -0.2) is 12.4 Å². The molecule has 1 aromatic heterocycles. The monoisotopic (exact) mass is 391 g/mol. The molecule has 0 aliphatic heterocycles. The van der Waals surface area contributed by atoms with E-state index in [2.05, 4.69) is 15.9 Å². The highest BCUT2D eigenvalue weighted by Crippen LogP contribution is 2.27. The molecule has 0 aliphatic rings. The van der Waals surface area contributed by atoms with Crippen LogP contribution in [0.3, 0.4) is 0 Å². The first-order valence-corrected chi connectivity index (χ1v) is 9.37. The molecule has 0 bridgehead atoms. The van der Waals surface area contributed by atoms with Gasteiger partial charge in [-0.2, -0.15) is 0 Å². The summed E-state index contributed by atoms with van der Waals surface area (Å²) in [6.07, 6.45) is 1.41. The van der Waals surface area contributed by atoms with E-state index in [1.807, 2.05) is 0 Å². The molecule has 0 N–H and O–H groups in total. The van der Waals surface area contributed by atoms with Crippen LogP contribution >= 0.6 is 15.9 Å². The van der Waals surface area contributed by atoms with Crippen molar-refractivity contribution >= 4 is 42.6 Å². The van der Waals surface area contributed by atoms with Gasteiger partial charge in [-0.3, -0.25) is 4.79 Å². The Kier molecular flexibility index (Phi) is 4.12. The van der Waals surface area contributed by atoms with E-state index in [0.29, 0.717) is 16.5 Å². The normalized spacial score (nSPS) is 13.1. The fourth-order valence-electron chi connectivity index (χ4n) is 2.47. The quantitative estimate of drug-likeness (QED) is 0.501. The van der Waals surface area contributed by atoms with E-state index in [-0.39, 0.29) is 15.5 Å². The van der Waals surface area contributed by atoms with Crippen LogP contribution in [0.25, 0.3) is 10.9 Å². The SMILES string of the molecule is C[C@@H](Br)C(=O)c1cn(S(=O)(=O)c2ccccc2)c2ccccc12.